The van der Waals surface area contributed by atoms with Crippen LogP contribution in [-0.4, -0.2) is 29.3 Å². The SMILES string of the molecule is CN(C=O)C(=Nc1c[nH]c2ccccc12)NCl.Cl. The molecule has 0 saturated heterocycles. The monoisotopic (exact) mass is 286 g/mol. The lowest BCUT2D eigenvalue weighted by molar-refractivity contribution is -0.114. The largest absolute Gasteiger partial charge is 0.359 e. The predicted octanol–water partition coefficient (Wildman–Crippen LogP) is 2.41. The van der Waals surface area contributed by atoms with Crippen molar-refractivity contribution in [3.05, 3.63) is 30.5 Å². The minimum absolute atomic E-state index is 0. The van der Waals surface area contributed by atoms with Crippen molar-refractivity contribution in [2.45, 2.75) is 0 Å². The van der Waals surface area contributed by atoms with E-state index in [1.54, 1.807) is 13.2 Å². The highest BCUT2D eigenvalue weighted by Crippen LogP contribution is 2.25. The van der Waals surface area contributed by atoms with Gasteiger partial charge < -0.3 is 4.98 Å². The number of fused-ring (bicyclic) bond motifs is 1. The summed E-state index contributed by atoms with van der Waals surface area (Å²) in [5, 5.41) is 0.969. The first-order valence-corrected chi connectivity index (χ1v) is 5.33. The van der Waals surface area contributed by atoms with Crippen LogP contribution >= 0.6 is 24.2 Å². The number of hydrogen-bond donors (Lipinski definition) is 2. The van der Waals surface area contributed by atoms with E-state index in [-0.39, 0.29) is 18.4 Å². The van der Waals surface area contributed by atoms with Gasteiger partial charge in [-0.3, -0.25) is 14.5 Å². The van der Waals surface area contributed by atoms with Crippen LogP contribution < -0.4 is 4.84 Å². The number of hydrogen-bond acceptors (Lipinski definition) is 2. The van der Waals surface area contributed by atoms with E-state index in [0.717, 1.165) is 16.6 Å². The van der Waals surface area contributed by atoms with Gasteiger partial charge in [-0.2, -0.15) is 0 Å². The zero-order valence-corrected chi connectivity index (χ0v) is 11.1. The summed E-state index contributed by atoms with van der Waals surface area (Å²) >= 11 is 5.52. The number of halogens is 2. The molecule has 2 N–H and O–H groups in total. The Morgan fingerprint density at radius 2 is 2.22 bits per heavy atom. The van der Waals surface area contributed by atoms with E-state index in [1.807, 2.05) is 24.3 Å². The van der Waals surface area contributed by atoms with Crippen LogP contribution in [0.15, 0.2) is 35.5 Å². The molecular weight excluding hydrogens is 275 g/mol. The average molecular weight is 287 g/mol. The summed E-state index contributed by atoms with van der Waals surface area (Å²) in [7, 11) is 1.57. The molecule has 0 aliphatic heterocycles. The number of rotatable bonds is 2. The van der Waals surface area contributed by atoms with Crippen molar-refractivity contribution < 1.29 is 4.79 Å². The molecule has 0 bridgehead atoms. The molecule has 1 aromatic heterocycles. The molecule has 96 valence electrons. The molecule has 5 nitrogen and oxygen atoms in total. The highest BCUT2D eigenvalue weighted by molar-refractivity contribution is 6.23. The first-order valence-electron chi connectivity index (χ1n) is 4.96. The van der Waals surface area contributed by atoms with Crippen molar-refractivity contribution in [2.24, 2.45) is 4.99 Å². The summed E-state index contributed by atoms with van der Waals surface area (Å²) in [5.74, 6) is 0.270. The number of guanidine groups is 1. The number of carbonyl (C=O) groups excluding carboxylic acids is 1. The fraction of sp³-hybridized carbons (Fsp3) is 0.0909. The van der Waals surface area contributed by atoms with Crippen LogP contribution in [0.3, 0.4) is 0 Å². The summed E-state index contributed by atoms with van der Waals surface area (Å²) in [6, 6.07) is 7.75. The maximum Gasteiger partial charge on any atom is 0.220 e. The lowest BCUT2D eigenvalue weighted by atomic mass is 10.2. The van der Waals surface area contributed by atoms with E-state index in [4.69, 9.17) is 11.8 Å². The number of nitrogens with zero attached hydrogens (tertiary/aromatic N) is 2. The van der Waals surface area contributed by atoms with E-state index in [9.17, 15) is 4.79 Å². The third-order valence-electron chi connectivity index (χ3n) is 2.37. The quantitative estimate of drug-likeness (QED) is 0.385. The molecule has 1 amide bonds. The molecule has 2 rings (SSSR count). The summed E-state index contributed by atoms with van der Waals surface area (Å²) in [6.07, 6.45) is 2.39. The molecule has 0 unspecified atom stereocenters. The van der Waals surface area contributed by atoms with E-state index in [0.29, 0.717) is 6.41 Å². The molecule has 0 radical (unpaired) electrons. The second-order valence-corrected chi connectivity index (χ2v) is 3.65. The van der Waals surface area contributed by atoms with Gasteiger partial charge in [-0.05, 0) is 6.07 Å². The van der Waals surface area contributed by atoms with Crippen molar-refractivity contribution in [3.63, 3.8) is 0 Å². The number of aromatic nitrogens is 1. The normalized spacial score (nSPS) is 10.9. The van der Waals surface area contributed by atoms with Gasteiger partial charge in [0.25, 0.3) is 0 Å². The Morgan fingerprint density at radius 3 is 2.89 bits per heavy atom. The molecule has 7 heteroatoms. The summed E-state index contributed by atoms with van der Waals surface area (Å²) in [4.78, 5) is 21.6. The number of carbonyl (C=O) groups is 1. The average Bonchev–Trinajstić information content (AvgIpc) is 2.78. The fourth-order valence-electron chi connectivity index (χ4n) is 1.48. The molecule has 18 heavy (non-hydrogen) atoms. The summed E-state index contributed by atoms with van der Waals surface area (Å²) < 4.78 is 0. The van der Waals surface area contributed by atoms with Crippen molar-refractivity contribution in [1.82, 2.24) is 14.7 Å². The molecule has 0 aliphatic carbocycles. The van der Waals surface area contributed by atoms with Gasteiger partial charge in [0.05, 0.1) is 5.69 Å². The fourth-order valence-corrected chi connectivity index (χ4v) is 1.65. The van der Waals surface area contributed by atoms with E-state index >= 15 is 0 Å². The minimum atomic E-state index is 0. The van der Waals surface area contributed by atoms with Gasteiger partial charge in [0, 0.05) is 35.9 Å². The second kappa shape index (κ2) is 6.28. The number of para-hydroxylation sites is 1. The van der Waals surface area contributed by atoms with Gasteiger partial charge >= 0.3 is 0 Å². The van der Waals surface area contributed by atoms with E-state index in [2.05, 4.69) is 14.8 Å². The minimum Gasteiger partial charge on any atom is -0.359 e. The first kappa shape index (κ1) is 14.3. The molecule has 0 aliphatic rings. The Labute approximate surface area is 115 Å². The van der Waals surface area contributed by atoms with Crippen LogP contribution in [0.1, 0.15) is 0 Å². The zero-order valence-electron chi connectivity index (χ0n) is 9.55. The highest BCUT2D eigenvalue weighted by Gasteiger charge is 2.06. The van der Waals surface area contributed by atoms with E-state index < -0.39 is 0 Å². The molecule has 0 atom stereocenters. The molecule has 0 fully saturated rings. The van der Waals surface area contributed by atoms with Crippen molar-refractivity contribution >= 4 is 53.1 Å². The Morgan fingerprint density at radius 1 is 1.50 bits per heavy atom. The van der Waals surface area contributed by atoms with E-state index in [1.165, 1.54) is 4.90 Å². The summed E-state index contributed by atoms with van der Waals surface area (Å²) in [5.41, 5.74) is 1.70. The number of nitrogens with one attached hydrogen (secondary N) is 2. The molecule has 1 heterocycles. The number of aliphatic imine (C=N–C) groups is 1. The Kier molecular flexibility index (Phi) is 5.00. The Balaban J connectivity index is 0.00000162. The lowest BCUT2D eigenvalue weighted by Crippen LogP contribution is -2.32. The smallest absolute Gasteiger partial charge is 0.220 e. The second-order valence-electron chi connectivity index (χ2n) is 3.47. The molecular formula is C11H12Cl2N4O. The maximum atomic E-state index is 10.6. The van der Waals surface area contributed by atoms with Gasteiger partial charge in [0.1, 0.15) is 0 Å². The van der Waals surface area contributed by atoms with Crippen LogP contribution in [0.2, 0.25) is 0 Å². The molecule has 2 aromatic rings. The van der Waals surface area contributed by atoms with Crippen LogP contribution in [0, 0.1) is 0 Å². The lowest BCUT2D eigenvalue weighted by Gasteiger charge is -2.10. The van der Waals surface area contributed by atoms with Gasteiger partial charge in [-0.25, -0.2) is 4.99 Å². The van der Waals surface area contributed by atoms with Crippen molar-refractivity contribution in [1.29, 1.82) is 0 Å². The first-order chi connectivity index (χ1) is 8.26. The molecule has 0 saturated carbocycles. The van der Waals surface area contributed by atoms with Crippen molar-refractivity contribution in [2.75, 3.05) is 7.05 Å². The van der Waals surface area contributed by atoms with Crippen LogP contribution in [-0.2, 0) is 4.79 Å². The molecule has 1 aromatic carbocycles. The zero-order chi connectivity index (χ0) is 12.3. The highest BCUT2D eigenvalue weighted by atomic mass is 35.5. The van der Waals surface area contributed by atoms with Crippen LogP contribution in [0.25, 0.3) is 10.9 Å². The van der Waals surface area contributed by atoms with Crippen molar-refractivity contribution in [3.8, 4) is 0 Å². The van der Waals surface area contributed by atoms with Crippen LogP contribution in [0.5, 0.6) is 0 Å². The van der Waals surface area contributed by atoms with Gasteiger partial charge in [-0.1, -0.05) is 18.2 Å². The summed E-state index contributed by atoms with van der Waals surface area (Å²) in [6.45, 7) is 0. The third-order valence-corrected chi connectivity index (χ3v) is 2.54. The van der Waals surface area contributed by atoms with Crippen LogP contribution in [0.4, 0.5) is 5.69 Å². The number of benzene rings is 1. The standard InChI is InChI=1S/C11H11ClN4O.ClH/c1-16(7-17)11(15-12)14-10-6-13-9-5-3-2-4-8(9)10;/h2-7,13H,1H3,(H,14,15);1H. The molecule has 0 spiro atoms. The third kappa shape index (κ3) is 2.75. The maximum absolute atomic E-state index is 10.6. The topological polar surface area (TPSA) is 60.5 Å². The number of aromatic amines is 1. The van der Waals surface area contributed by atoms with Gasteiger partial charge in [0.15, 0.2) is 0 Å². The van der Waals surface area contributed by atoms with Gasteiger partial charge in [-0.15, -0.1) is 12.4 Å². The number of H-pyrrole nitrogens is 1. The Hall–Kier alpha value is -1.72. The Bertz CT molecular complexity index is 567. The van der Waals surface area contributed by atoms with Gasteiger partial charge in [0.2, 0.25) is 12.4 Å². The predicted molar refractivity (Wildman–Crippen MR) is 75.5 cm³/mol. The number of amides is 1.